The van der Waals surface area contributed by atoms with Gasteiger partial charge < -0.3 is 10.2 Å². The Morgan fingerprint density at radius 3 is 2.62 bits per heavy atom. The lowest BCUT2D eigenvalue weighted by Crippen LogP contribution is -2.43. The highest BCUT2D eigenvalue weighted by molar-refractivity contribution is 9.11. The molecule has 0 bridgehead atoms. The predicted octanol–water partition coefficient (Wildman–Crippen LogP) is 2.42. The van der Waals surface area contributed by atoms with Gasteiger partial charge in [-0.3, -0.25) is 0 Å². The molecule has 0 spiro atoms. The summed E-state index contributed by atoms with van der Waals surface area (Å²) in [5.41, 5.74) is 1.89. The quantitative estimate of drug-likeness (QED) is 0.577. The molecule has 1 aliphatic carbocycles. The van der Waals surface area contributed by atoms with Crippen LogP contribution in [0.2, 0.25) is 19.6 Å². The average Bonchev–Trinajstić information content (AvgIpc) is 2.18. The Bertz CT molecular complexity index is 348. The molecular formula is C12H19BrO2Si. The Kier molecular flexibility index (Phi) is 4.41. The monoisotopic (exact) mass is 302 g/mol. The van der Waals surface area contributed by atoms with Crippen LogP contribution in [0.25, 0.3) is 0 Å². The van der Waals surface area contributed by atoms with Crippen molar-refractivity contribution in [3.63, 3.8) is 0 Å². The lowest BCUT2D eigenvalue weighted by Gasteiger charge is -2.33. The third kappa shape index (κ3) is 3.46. The molecule has 2 nitrogen and oxygen atoms in total. The van der Waals surface area contributed by atoms with Gasteiger partial charge in [-0.25, -0.2) is 0 Å². The molecule has 1 rings (SSSR count). The first-order valence-electron chi connectivity index (χ1n) is 5.55. The van der Waals surface area contributed by atoms with Gasteiger partial charge in [-0.05, 0) is 19.3 Å². The summed E-state index contributed by atoms with van der Waals surface area (Å²) in [4.78, 5) is 0. The predicted molar refractivity (Wildman–Crippen MR) is 72.9 cm³/mol. The van der Waals surface area contributed by atoms with E-state index in [2.05, 4.69) is 47.0 Å². The number of halogens is 1. The smallest absolute Gasteiger partial charge is 0.147 e. The molecule has 0 aromatic rings. The number of aliphatic hydroxyl groups is 2. The largest absolute Gasteiger partial charge is 0.381 e. The van der Waals surface area contributed by atoms with Crippen molar-refractivity contribution >= 4 is 24.0 Å². The Morgan fingerprint density at radius 1 is 1.50 bits per heavy atom. The van der Waals surface area contributed by atoms with Crippen molar-refractivity contribution in [3.05, 3.63) is 10.6 Å². The third-order valence-corrected chi connectivity index (χ3v) is 4.44. The van der Waals surface area contributed by atoms with Crippen LogP contribution in [-0.2, 0) is 0 Å². The summed E-state index contributed by atoms with van der Waals surface area (Å²) in [5, 5.41) is 20.3. The maximum atomic E-state index is 10.4. The molecule has 0 saturated carbocycles. The molecule has 90 valence electrons. The lowest BCUT2D eigenvalue weighted by atomic mass is 9.86. The van der Waals surface area contributed by atoms with Gasteiger partial charge in [-0.1, -0.05) is 47.6 Å². The van der Waals surface area contributed by atoms with Gasteiger partial charge in [0.15, 0.2) is 0 Å². The van der Waals surface area contributed by atoms with Gasteiger partial charge in [-0.2, -0.15) is 0 Å². The van der Waals surface area contributed by atoms with Gasteiger partial charge in [0.2, 0.25) is 0 Å². The molecule has 0 amide bonds. The van der Waals surface area contributed by atoms with E-state index >= 15 is 0 Å². The van der Waals surface area contributed by atoms with Crippen LogP contribution >= 0.6 is 15.9 Å². The van der Waals surface area contributed by atoms with Gasteiger partial charge in [0.25, 0.3) is 0 Å². The summed E-state index contributed by atoms with van der Waals surface area (Å²) in [6.45, 7) is 6.34. The molecule has 0 aromatic carbocycles. The number of hydrogen-bond donors (Lipinski definition) is 2. The average molecular weight is 303 g/mol. The summed E-state index contributed by atoms with van der Waals surface area (Å²) < 4.78 is 0.670. The SMILES string of the molecule is C[Si](C)(C)C#C[C@H](O)[C@]1(O)CCCC=C1Br. The van der Waals surface area contributed by atoms with Crippen molar-refractivity contribution in [2.75, 3.05) is 0 Å². The fourth-order valence-electron chi connectivity index (χ4n) is 1.57. The summed E-state index contributed by atoms with van der Waals surface area (Å²) >= 11 is 3.33. The van der Waals surface area contributed by atoms with E-state index in [9.17, 15) is 10.2 Å². The van der Waals surface area contributed by atoms with E-state index in [1.165, 1.54) is 0 Å². The van der Waals surface area contributed by atoms with E-state index in [0.717, 1.165) is 12.8 Å². The van der Waals surface area contributed by atoms with Crippen LogP contribution in [0.3, 0.4) is 0 Å². The first-order chi connectivity index (χ1) is 7.26. The number of allylic oxidation sites excluding steroid dienone is 1. The molecule has 0 aliphatic heterocycles. The fourth-order valence-corrected chi connectivity index (χ4v) is 2.78. The zero-order chi connectivity index (χ0) is 12.4. The van der Waals surface area contributed by atoms with E-state index in [1.807, 2.05) is 6.08 Å². The van der Waals surface area contributed by atoms with Crippen LogP contribution in [-0.4, -0.2) is 30.0 Å². The van der Waals surface area contributed by atoms with Gasteiger partial charge >= 0.3 is 0 Å². The van der Waals surface area contributed by atoms with Gasteiger partial charge in [0.05, 0.1) is 0 Å². The number of aliphatic hydroxyl groups excluding tert-OH is 1. The molecule has 1 aliphatic rings. The minimum atomic E-state index is -1.51. The molecule has 0 radical (unpaired) electrons. The van der Waals surface area contributed by atoms with Crippen molar-refractivity contribution in [1.82, 2.24) is 0 Å². The van der Waals surface area contributed by atoms with Gasteiger partial charge in [0.1, 0.15) is 19.8 Å². The maximum Gasteiger partial charge on any atom is 0.147 e. The van der Waals surface area contributed by atoms with Crippen LogP contribution < -0.4 is 0 Å². The highest BCUT2D eigenvalue weighted by Gasteiger charge is 2.38. The highest BCUT2D eigenvalue weighted by Crippen LogP contribution is 2.35. The van der Waals surface area contributed by atoms with E-state index < -0.39 is 19.8 Å². The standard InChI is InChI=1S/C12H19BrO2Si/c1-16(2,3)9-7-11(14)12(15)8-5-4-6-10(12)13/h6,11,14-15H,4-5,8H2,1-3H3/t11-,12-/m0/s1. The number of hydrogen-bond acceptors (Lipinski definition) is 2. The van der Waals surface area contributed by atoms with Crippen molar-refractivity contribution < 1.29 is 10.2 Å². The topological polar surface area (TPSA) is 40.5 Å². The van der Waals surface area contributed by atoms with E-state index in [-0.39, 0.29) is 0 Å². The maximum absolute atomic E-state index is 10.4. The van der Waals surface area contributed by atoms with Crippen molar-refractivity contribution in [2.45, 2.75) is 50.6 Å². The van der Waals surface area contributed by atoms with Crippen LogP contribution in [0, 0.1) is 11.5 Å². The molecule has 0 saturated heterocycles. The first kappa shape index (κ1) is 14.0. The molecule has 0 heterocycles. The third-order valence-electron chi connectivity index (χ3n) is 2.54. The molecule has 2 atom stereocenters. The fraction of sp³-hybridized carbons (Fsp3) is 0.667. The zero-order valence-electron chi connectivity index (χ0n) is 10.0. The van der Waals surface area contributed by atoms with Crippen LogP contribution in [0.5, 0.6) is 0 Å². The Morgan fingerprint density at radius 2 is 2.12 bits per heavy atom. The molecule has 2 N–H and O–H groups in total. The second kappa shape index (κ2) is 5.05. The number of rotatable bonds is 1. The van der Waals surface area contributed by atoms with Crippen molar-refractivity contribution in [3.8, 4) is 11.5 Å². The minimum absolute atomic E-state index is 0.561. The van der Waals surface area contributed by atoms with Crippen LogP contribution in [0.15, 0.2) is 10.6 Å². The Hall–Kier alpha value is -0.0831. The summed E-state index contributed by atoms with van der Waals surface area (Å²) in [6.07, 6.45) is 3.31. The minimum Gasteiger partial charge on any atom is -0.381 e. The molecule has 0 aromatic heterocycles. The van der Waals surface area contributed by atoms with E-state index in [0.29, 0.717) is 10.9 Å². The second-order valence-corrected chi connectivity index (χ2v) is 10.9. The van der Waals surface area contributed by atoms with Crippen LogP contribution in [0.4, 0.5) is 0 Å². The summed E-state index contributed by atoms with van der Waals surface area (Å²) in [6, 6.07) is 0. The molecule has 16 heavy (non-hydrogen) atoms. The summed E-state index contributed by atoms with van der Waals surface area (Å²) in [5.74, 6) is 2.81. The van der Waals surface area contributed by atoms with E-state index in [1.54, 1.807) is 0 Å². The van der Waals surface area contributed by atoms with Gasteiger partial charge in [-0.15, -0.1) is 5.54 Å². The summed E-state index contributed by atoms with van der Waals surface area (Å²) in [7, 11) is -1.51. The Labute approximate surface area is 107 Å². The van der Waals surface area contributed by atoms with Gasteiger partial charge in [0, 0.05) is 4.48 Å². The molecule has 4 heteroatoms. The molecular weight excluding hydrogens is 284 g/mol. The lowest BCUT2D eigenvalue weighted by molar-refractivity contribution is -0.0217. The molecule has 0 unspecified atom stereocenters. The second-order valence-electron chi connectivity index (χ2n) is 5.29. The van der Waals surface area contributed by atoms with Crippen molar-refractivity contribution in [1.29, 1.82) is 0 Å². The Balaban J connectivity index is 2.87. The highest BCUT2D eigenvalue weighted by atomic mass is 79.9. The zero-order valence-corrected chi connectivity index (χ0v) is 12.6. The normalized spacial score (nSPS) is 27.8. The van der Waals surface area contributed by atoms with Crippen molar-refractivity contribution in [2.24, 2.45) is 0 Å². The van der Waals surface area contributed by atoms with Crippen LogP contribution in [0.1, 0.15) is 19.3 Å². The first-order valence-corrected chi connectivity index (χ1v) is 9.84. The molecule has 0 fully saturated rings. The van der Waals surface area contributed by atoms with E-state index in [4.69, 9.17) is 0 Å².